The fourth-order valence-electron chi connectivity index (χ4n) is 4.03. The number of anilines is 2. The summed E-state index contributed by atoms with van der Waals surface area (Å²) >= 11 is 0. The minimum absolute atomic E-state index is 0.313. The van der Waals surface area contributed by atoms with Crippen molar-refractivity contribution < 1.29 is 19.1 Å². The second kappa shape index (κ2) is 26.1. The third-order valence-electron chi connectivity index (χ3n) is 7.15. The Bertz CT molecular complexity index is 871. The molecular formula is C31H56N4O4S4. The molecule has 0 aliphatic rings. The summed E-state index contributed by atoms with van der Waals surface area (Å²) in [5.74, 6) is 5.82. The van der Waals surface area contributed by atoms with Crippen LogP contribution in [0.25, 0.3) is 0 Å². The number of nitrogens with one attached hydrogen (secondary N) is 1. The van der Waals surface area contributed by atoms with Crippen molar-refractivity contribution in [2.24, 2.45) is 11.8 Å². The van der Waals surface area contributed by atoms with Gasteiger partial charge in [0.25, 0.3) is 0 Å². The normalized spacial score (nSPS) is 12.4. The maximum absolute atomic E-state index is 12.4. The molecule has 0 bridgehead atoms. The molecule has 1 N–H and O–H groups in total. The summed E-state index contributed by atoms with van der Waals surface area (Å²) in [7, 11) is 11.0. The Morgan fingerprint density at radius 3 is 2.00 bits per heavy atom. The molecule has 248 valence electrons. The second-order valence-corrected chi connectivity index (χ2v) is 15.9. The van der Waals surface area contributed by atoms with Crippen LogP contribution in [0.1, 0.15) is 79.1 Å². The molecule has 1 aromatic heterocycles. The number of aromatic nitrogens is 1. The smallest absolute Gasteiger partial charge is 0.412 e. The molecule has 0 aromatic carbocycles. The number of pyridine rings is 1. The number of rotatable bonds is 25. The number of unbranched alkanes of at least 4 members (excludes halogenated alkanes) is 2. The number of carbonyl (C=O) groups is 2. The van der Waals surface area contributed by atoms with E-state index in [1.54, 1.807) is 45.8 Å². The quantitative estimate of drug-likeness (QED) is 0.0799. The number of carbonyl (C=O) groups excluding carboxylic acids is 2. The van der Waals surface area contributed by atoms with Gasteiger partial charge in [-0.25, -0.2) is 14.6 Å². The molecule has 0 aliphatic carbocycles. The van der Waals surface area contributed by atoms with Crippen molar-refractivity contribution >= 4 is 66.9 Å². The molecule has 43 heavy (non-hydrogen) atoms. The van der Waals surface area contributed by atoms with E-state index in [-0.39, 0.29) is 6.09 Å². The van der Waals surface area contributed by atoms with E-state index in [1.165, 1.54) is 51.4 Å². The summed E-state index contributed by atoms with van der Waals surface area (Å²) in [6.07, 6.45) is 11.0. The summed E-state index contributed by atoms with van der Waals surface area (Å²) in [6, 6.07) is 3.67. The van der Waals surface area contributed by atoms with Gasteiger partial charge in [-0.1, -0.05) is 109 Å². The lowest BCUT2D eigenvalue weighted by Gasteiger charge is -2.23. The molecule has 2 amide bonds. The zero-order chi connectivity index (χ0) is 31.7. The fraction of sp³-hybridized carbons (Fsp3) is 0.774. The van der Waals surface area contributed by atoms with Crippen LogP contribution in [0.4, 0.5) is 21.1 Å². The summed E-state index contributed by atoms with van der Waals surface area (Å²) in [5.41, 5.74) is 0.880. The van der Waals surface area contributed by atoms with Gasteiger partial charge in [0.2, 0.25) is 0 Å². The third-order valence-corrected chi connectivity index (χ3v) is 12.2. The Balaban J connectivity index is 2.26. The molecular weight excluding hydrogens is 621 g/mol. The molecule has 0 unspecified atom stereocenters. The molecule has 2 atom stereocenters. The summed E-state index contributed by atoms with van der Waals surface area (Å²) in [5, 5.41) is 2.71. The average Bonchev–Trinajstić information content (AvgIpc) is 3.01. The van der Waals surface area contributed by atoms with Crippen molar-refractivity contribution in [3.63, 3.8) is 0 Å². The van der Waals surface area contributed by atoms with Crippen LogP contribution in [0.5, 0.6) is 0 Å². The van der Waals surface area contributed by atoms with E-state index < -0.39 is 6.09 Å². The Morgan fingerprint density at radius 2 is 1.44 bits per heavy atom. The number of nitrogens with zero attached hydrogens (tertiary/aromatic N) is 3. The lowest BCUT2D eigenvalue weighted by molar-refractivity contribution is 0.118. The fourth-order valence-corrected chi connectivity index (χ4v) is 8.80. The van der Waals surface area contributed by atoms with Crippen LogP contribution in [-0.2, 0) is 9.47 Å². The van der Waals surface area contributed by atoms with Crippen molar-refractivity contribution in [3.8, 4) is 0 Å². The predicted octanol–water partition coefficient (Wildman–Crippen LogP) is 9.33. The van der Waals surface area contributed by atoms with Crippen LogP contribution in [0.15, 0.2) is 18.3 Å². The monoisotopic (exact) mass is 676 g/mol. The lowest BCUT2D eigenvalue weighted by Crippen LogP contribution is -2.35. The first kappa shape index (κ1) is 39.9. The Morgan fingerprint density at radius 1 is 0.860 bits per heavy atom. The number of hydrogen-bond donors (Lipinski definition) is 1. The Hall–Kier alpha value is -1.11. The molecule has 0 spiro atoms. The second-order valence-electron chi connectivity index (χ2n) is 10.7. The lowest BCUT2D eigenvalue weighted by atomic mass is 10.0. The highest BCUT2D eigenvalue weighted by atomic mass is 33.1. The summed E-state index contributed by atoms with van der Waals surface area (Å²) < 4.78 is 10.8. The maximum atomic E-state index is 12.4. The van der Waals surface area contributed by atoms with Gasteiger partial charge in [0.15, 0.2) is 0 Å². The Labute approximate surface area is 277 Å². The molecule has 0 radical (unpaired) electrons. The van der Waals surface area contributed by atoms with Crippen molar-refractivity contribution in [3.05, 3.63) is 18.3 Å². The van der Waals surface area contributed by atoms with Crippen LogP contribution in [0.2, 0.25) is 0 Å². The van der Waals surface area contributed by atoms with Gasteiger partial charge in [-0.2, -0.15) is 0 Å². The van der Waals surface area contributed by atoms with Gasteiger partial charge in [-0.05, 0) is 30.7 Å². The number of likely N-dealkylation sites (N-methyl/N-ethyl adjacent to an activating group) is 2. The van der Waals surface area contributed by atoms with Gasteiger partial charge in [0.1, 0.15) is 19.0 Å². The third kappa shape index (κ3) is 19.8. The molecule has 1 aromatic rings. The van der Waals surface area contributed by atoms with E-state index in [0.29, 0.717) is 32.1 Å². The van der Waals surface area contributed by atoms with Crippen molar-refractivity contribution in [1.29, 1.82) is 0 Å². The van der Waals surface area contributed by atoms with Gasteiger partial charge in [0.05, 0.1) is 0 Å². The van der Waals surface area contributed by atoms with E-state index in [1.807, 2.05) is 39.6 Å². The van der Waals surface area contributed by atoms with Crippen LogP contribution < -0.4 is 10.2 Å². The zero-order valence-corrected chi connectivity index (χ0v) is 30.6. The van der Waals surface area contributed by atoms with Crippen molar-refractivity contribution in [2.45, 2.75) is 79.1 Å². The standard InChI is InChI=1S/C31H56N4O4S4/c1-7-11-13-26(9-3)24-42-40-21-19-38-30(36)33-29-23-28(15-16-32-29)34(5)17-18-35(6)31(37)39-20-22-41-43-25-27(10-4)14-12-8-2/h15-16,23,26-27H,7-14,17-22,24-25H2,1-6H3,(H,32,33,36)/t26-,27-/m0/s1. The molecule has 1 rings (SSSR count). The largest absolute Gasteiger partial charge is 0.449 e. The van der Waals surface area contributed by atoms with Crippen LogP contribution in [0, 0.1) is 11.8 Å². The first-order valence-electron chi connectivity index (χ1n) is 15.8. The van der Waals surface area contributed by atoms with Gasteiger partial charge in [-0.3, -0.25) is 5.32 Å². The highest BCUT2D eigenvalue weighted by molar-refractivity contribution is 8.77. The molecule has 0 saturated carbocycles. The van der Waals surface area contributed by atoms with E-state index in [2.05, 4.69) is 38.0 Å². The van der Waals surface area contributed by atoms with Crippen LogP contribution in [0.3, 0.4) is 0 Å². The van der Waals surface area contributed by atoms with E-state index >= 15 is 0 Å². The molecule has 1 heterocycles. The number of amides is 2. The minimum atomic E-state index is -0.506. The first-order valence-corrected chi connectivity index (χ1v) is 20.8. The molecule has 8 nitrogen and oxygen atoms in total. The van der Waals surface area contributed by atoms with Crippen LogP contribution in [-0.4, -0.2) is 85.5 Å². The highest BCUT2D eigenvalue weighted by Crippen LogP contribution is 2.28. The van der Waals surface area contributed by atoms with E-state index in [9.17, 15) is 9.59 Å². The SMILES string of the molecule is CCCC[C@H](CC)CSSCCOC(=O)Nc1cc(N(C)CCN(C)C(=O)OCCSSC[C@@H](CC)CCCC)ccn1. The maximum Gasteiger partial charge on any atom is 0.412 e. The summed E-state index contributed by atoms with van der Waals surface area (Å²) in [4.78, 5) is 32.5. The topological polar surface area (TPSA) is 84.0 Å². The predicted molar refractivity (Wildman–Crippen MR) is 193 cm³/mol. The summed E-state index contributed by atoms with van der Waals surface area (Å²) in [6.45, 7) is 10.9. The molecule has 0 saturated heterocycles. The van der Waals surface area contributed by atoms with Crippen LogP contribution >= 0.6 is 43.2 Å². The first-order chi connectivity index (χ1) is 20.8. The Kier molecular flexibility index (Phi) is 24.3. The number of ether oxygens (including phenoxy) is 2. The van der Waals surface area contributed by atoms with Gasteiger partial charge < -0.3 is 19.3 Å². The molecule has 0 fully saturated rings. The van der Waals surface area contributed by atoms with E-state index in [4.69, 9.17) is 9.47 Å². The van der Waals surface area contributed by atoms with Crippen molar-refractivity contribution in [2.75, 3.05) is 73.6 Å². The number of hydrogen-bond acceptors (Lipinski definition) is 10. The minimum Gasteiger partial charge on any atom is -0.449 e. The van der Waals surface area contributed by atoms with E-state index in [0.717, 1.165) is 40.5 Å². The molecule has 12 heteroatoms. The average molecular weight is 677 g/mol. The zero-order valence-electron chi connectivity index (χ0n) is 27.3. The van der Waals surface area contributed by atoms with Gasteiger partial charge in [-0.15, -0.1) is 0 Å². The highest BCUT2D eigenvalue weighted by Gasteiger charge is 2.13. The molecule has 0 aliphatic heterocycles. The van der Waals surface area contributed by atoms with Gasteiger partial charge >= 0.3 is 12.2 Å². The van der Waals surface area contributed by atoms with Gasteiger partial charge in [0, 0.05) is 68.1 Å². The van der Waals surface area contributed by atoms with Crippen molar-refractivity contribution in [1.82, 2.24) is 9.88 Å².